The number of esters is 4. The summed E-state index contributed by atoms with van der Waals surface area (Å²) >= 11 is 0. The first-order valence-electron chi connectivity index (χ1n) is 36.8. The van der Waals surface area contributed by atoms with Gasteiger partial charge in [0.05, 0.1) is 61.9 Å². The Kier molecular flexibility index (Phi) is 25.5. The number of phenols is 2. The minimum Gasteiger partial charge on any atom is -0.508 e. The number of carbonyl (C=O) groups is 9. The number of ether oxygens (including phenoxy) is 8. The second-order valence-corrected chi connectivity index (χ2v) is 28.5. The highest BCUT2D eigenvalue weighted by Crippen LogP contribution is 2.59. The molecule has 0 spiro atoms. The summed E-state index contributed by atoms with van der Waals surface area (Å²) in [5.41, 5.74) is 9.23. The number of carbonyl (C=O) groups excluding carboxylic acids is 9. The van der Waals surface area contributed by atoms with Gasteiger partial charge in [0.25, 0.3) is 0 Å². The van der Waals surface area contributed by atoms with Crippen molar-refractivity contribution >= 4 is 64.1 Å². The molecule has 14 rings (SSSR count). The van der Waals surface area contributed by atoms with E-state index in [9.17, 15) is 53.4 Å². The number of aromatic hydroxyl groups is 2. The molecular weight excluding hydrogens is 1470 g/mol. The molecule has 9 aromatic rings. The molecule has 9 aromatic carbocycles. The van der Waals surface area contributed by atoms with Crippen molar-refractivity contribution in [3.8, 4) is 46.0 Å². The number of hydrogen-bond acceptors (Lipinski definition) is 23. The van der Waals surface area contributed by atoms with Crippen molar-refractivity contribution in [3.05, 3.63) is 250 Å². The van der Waals surface area contributed by atoms with Crippen LogP contribution in [0.2, 0.25) is 0 Å². The average Bonchev–Trinajstić information content (AvgIpc) is 1.56. The van der Waals surface area contributed by atoms with Gasteiger partial charge >= 0.3 is 23.9 Å². The lowest BCUT2D eigenvalue weighted by molar-refractivity contribution is -0.152. The second-order valence-electron chi connectivity index (χ2n) is 28.5. The van der Waals surface area contributed by atoms with Crippen LogP contribution >= 0.6 is 0 Å². The van der Waals surface area contributed by atoms with Crippen LogP contribution < -0.4 is 40.9 Å². The number of hydrogen-bond donors (Lipinski definition) is 10. The fraction of sp³-hybridized carbons (Fsp3) is 0.299. The number of benzene rings is 9. The highest BCUT2D eigenvalue weighted by atomic mass is 16.7. The summed E-state index contributed by atoms with van der Waals surface area (Å²) in [6.45, 7) is 9.57. The highest BCUT2D eigenvalue weighted by Gasteiger charge is 2.68. The summed E-state index contributed by atoms with van der Waals surface area (Å²) in [7, 11) is 2.52. The maximum absolute atomic E-state index is 12.7. The molecule has 5 aliphatic rings. The van der Waals surface area contributed by atoms with E-state index in [1.165, 1.54) is 21.1 Å². The molecule has 0 radical (unpaired) electrons. The van der Waals surface area contributed by atoms with Crippen LogP contribution in [0.15, 0.2) is 200 Å². The van der Waals surface area contributed by atoms with Gasteiger partial charge in [-0.3, -0.25) is 64.0 Å². The van der Waals surface area contributed by atoms with Gasteiger partial charge < -0.3 is 48.1 Å². The predicted octanol–water partition coefficient (Wildman–Crippen LogP) is 12.2. The van der Waals surface area contributed by atoms with Crippen molar-refractivity contribution in [2.75, 3.05) is 34.2 Å². The van der Waals surface area contributed by atoms with E-state index in [1.54, 1.807) is 151 Å². The lowest BCUT2D eigenvalue weighted by Gasteiger charge is -2.20. The Hall–Kier alpha value is -12.7. The molecule has 10 N–H and O–H groups in total. The van der Waals surface area contributed by atoms with Crippen LogP contribution in [0.5, 0.6) is 46.0 Å². The molecule has 27 heteroatoms. The third-order valence-electron chi connectivity index (χ3n) is 21.7. The van der Waals surface area contributed by atoms with Crippen molar-refractivity contribution < 1.29 is 112 Å². The van der Waals surface area contributed by atoms with Gasteiger partial charge in [0.2, 0.25) is 30.4 Å². The maximum atomic E-state index is 12.7. The zero-order valence-corrected chi connectivity index (χ0v) is 63.5. The quantitative estimate of drug-likeness (QED) is 0.00835. The molecule has 4 amide bonds. The molecule has 114 heavy (non-hydrogen) atoms. The summed E-state index contributed by atoms with van der Waals surface area (Å²) in [4.78, 5) is 109. The zero-order valence-electron chi connectivity index (χ0n) is 63.5. The van der Waals surface area contributed by atoms with E-state index in [-0.39, 0.29) is 62.0 Å². The standard InChI is InChI=1S/C26H27NO5.C22H25NO5.C20H19NO6.C19H17NO7/c1-3-32-25(30)26(15-22(26)24(29)27-31)14-17-11-12-23(28)21(13-17)16(2)19-10-6-8-18-7-4-5-9-20(18)19;1-3-28-21(26)22(13-18(22)20(25)23-27)12-15-9-10-19(24)17(11-15)14(2)16-7-5-4-6-8-16;1-12(22)13-5-3-7-15(9-13)27-16-8-4-6-14(10-16)20(19(24)26-2)11-17(20)18(23)21-25;1-24-18(22)19(9-14(19)17(21)20-23)11-3-2-4-12(7-11)27-13-5-6-15-16(8-13)26-10-25-15/h4-13,16,22,28,31H,3,14-15H2,1-2H3,(H,27,29);4-11,14,18,24,27H,3,12-13H2,1-2H3,(H,23,25);3-10,17,25H,11H2,1-2H3,(H,21,23);2-8,14,23H,9-10H2,1H3,(H,20,21)/t16?,22-,26+;14?,18-,22+;17-,20-;14-,19-/m1100/s1. The number of rotatable bonds is 25. The maximum Gasteiger partial charge on any atom is 0.317 e. The highest BCUT2D eigenvalue weighted by molar-refractivity contribution is 6.00. The monoisotopic (exact) mass is 1560 g/mol. The summed E-state index contributed by atoms with van der Waals surface area (Å²) < 4.78 is 42.5. The van der Waals surface area contributed by atoms with Crippen molar-refractivity contribution in [3.63, 3.8) is 0 Å². The number of ketones is 1. The van der Waals surface area contributed by atoms with Crippen LogP contribution in [0.3, 0.4) is 0 Å². The van der Waals surface area contributed by atoms with Gasteiger partial charge in [0.1, 0.15) is 45.3 Å². The van der Waals surface area contributed by atoms with Crippen molar-refractivity contribution in [2.45, 2.75) is 95.8 Å². The van der Waals surface area contributed by atoms with Gasteiger partial charge in [-0.1, -0.05) is 147 Å². The SMILES string of the molecule is CCOC(=O)[C@@]1(Cc2ccc(O)c(C(C)c3cccc4ccccc34)c2)C[C@@H]1C(=O)NO.CCOC(=O)[C@@]1(Cc2ccc(O)c(C(C)c3ccccc3)c2)C[C@@H]1C(=O)NO.COC(=O)[C@]1(c2cccc(Oc3ccc4c(c3)OCO4)c2)C[C@H]1C(=O)NO.COC(=O)[C@]1(c2cccc(Oc3cccc(C(C)=O)c3)c2)C[C@H]1C(=O)NO. The number of hydroxylamine groups is 4. The molecule has 4 aliphatic carbocycles. The number of nitrogens with one attached hydrogen (secondary N) is 4. The minimum atomic E-state index is -1.15. The lowest BCUT2D eigenvalue weighted by Crippen LogP contribution is -2.31. The fourth-order valence-corrected chi connectivity index (χ4v) is 15.2. The normalized spacial score (nSPS) is 21.1. The predicted molar refractivity (Wildman–Crippen MR) is 409 cm³/mol. The molecule has 10 atom stereocenters. The van der Waals surface area contributed by atoms with Gasteiger partial charge in [-0.15, -0.1) is 0 Å². The Bertz CT molecular complexity index is 5110. The number of fused-ring (bicyclic) bond motifs is 2. The van der Waals surface area contributed by atoms with E-state index in [0.29, 0.717) is 76.9 Å². The lowest BCUT2D eigenvalue weighted by atomic mass is 9.86. The molecular formula is C87H88N4O23. The largest absolute Gasteiger partial charge is 0.508 e. The van der Waals surface area contributed by atoms with E-state index >= 15 is 0 Å². The third kappa shape index (κ3) is 17.3. The molecule has 0 saturated heterocycles. The first-order valence-corrected chi connectivity index (χ1v) is 36.8. The minimum absolute atomic E-state index is 0.0320. The molecule has 1 aliphatic heterocycles. The van der Waals surface area contributed by atoms with Crippen molar-refractivity contribution in [1.29, 1.82) is 0 Å². The van der Waals surface area contributed by atoms with Crippen molar-refractivity contribution in [2.24, 2.45) is 34.5 Å². The van der Waals surface area contributed by atoms with E-state index in [1.807, 2.05) is 74.5 Å². The van der Waals surface area contributed by atoms with E-state index in [0.717, 1.165) is 44.2 Å². The van der Waals surface area contributed by atoms with Gasteiger partial charge in [0.15, 0.2) is 17.3 Å². The van der Waals surface area contributed by atoms with Crippen LogP contribution in [0.4, 0.5) is 0 Å². The van der Waals surface area contributed by atoms with Crippen molar-refractivity contribution in [1.82, 2.24) is 21.9 Å². The van der Waals surface area contributed by atoms with Gasteiger partial charge in [-0.25, -0.2) is 21.9 Å². The van der Waals surface area contributed by atoms with E-state index in [4.69, 9.17) is 58.7 Å². The van der Waals surface area contributed by atoms with Crippen LogP contribution in [-0.2, 0) is 81.0 Å². The number of phenolic OH excluding ortho intramolecular Hbond substituents is 2. The molecule has 4 saturated carbocycles. The third-order valence-corrected chi connectivity index (χ3v) is 21.7. The first-order chi connectivity index (χ1) is 54.8. The van der Waals surface area contributed by atoms with Crippen LogP contribution in [0.25, 0.3) is 10.8 Å². The first kappa shape index (κ1) is 82.3. The topological polar surface area (TPSA) is 397 Å². The second kappa shape index (κ2) is 35.3. The molecule has 1 heterocycles. The van der Waals surface area contributed by atoms with Crippen LogP contribution in [0, 0.1) is 34.5 Å². The van der Waals surface area contributed by atoms with Crippen LogP contribution in [0.1, 0.15) is 127 Å². The number of amides is 4. The van der Waals surface area contributed by atoms with Gasteiger partial charge in [0, 0.05) is 34.6 Å². The Balaban J connectivity index is 0.000000150. The molecule has 594 valence electrons. The smallest absolute Gasteiger partial charge is 0.317 e. The molecule has 4 fully saturated rings. The zero-order chi connectivity index (χ0) is 81.8. The molecule has 0 aromatic heterocycles. The summed E-state index contributed by atoms with van der Waals surface area (Å²) in [5, 5.41) is 59.0. The average molecular weight is 1560 g/mol. The number of methoxy groups -OCH3 is 2. The van der Waals surface area contributed by atoms with E-state index < -0.39 is 92.8 Å². The van der Waals surface area contributed by atoms with E-state index in [2.05, 4.69) is 24.3 Å². The Labute approximate surface area is 655 Å². The Morgan fingerprint density at radius 1 is 0.439 bits per heavy atom. The Morgan fingerprint density at radius 3 is 1.37 bits per heavy atom. The van der Waals surface area contributed by atoms with Crippen LogP contribution in [-0.4, -0.2) is 119 Å². The molecule has 2 unspecified atom stereocenters. The fourth-order valence-electron chi connectivity index (χ4n) is 15.2. The summed E-state index contributed by atoms with van der Waals surface area (Å²) in [5.74, 6) is -3.68. The number of Topliss-reactive ketones (excluding diaryl/α,β-unsaturated/α-hetero) is 1. The Morgan fingerprint density at radius 2 is 0.877 bits per heavy atom. The molecule has 27 nitrogen and oxygen atoms in total. The summed E-state index contributed by atoms with van der Waals surface area (Å²) in [6, 6.07) is 60.3. The summed E-state index contributed by atoms with van der Waals surface area (Å²) in [6.07, 6.45) is 1.71. The van der Waals surface area contributed by atoms with Gasteiger partial charge in [-0.05, 0) is 164 Å². The molecule has 0 bridgehead atoms. The van der Waals surface area contributed by atoms with Gasteiger partial charge in [-0.2, -0.15) is 0 Å².